The summed E-state index contributed by atoms with van der Waals surface area (Å²) in [7, 11) is 0. The van der Waals surface area contributed by atoms with E-state index in [-0.39, 0.29) is 24.6 Å². The van der Waals surface area contributed by atoms with E-state index in [1.807, 2.05) is 36.4 Å². The van der Waals surface area contributed by atoms with Crippen LogP contribution >= 0.6 is 0 Å². The molecule has 2 heterocycles. The summed E-state index contributed by atoms with van der Waals surface area (Å²) in [6.07, 6.45) is 3.02. The van der Waals surface area contributed by atoms with Crippen LogP contribution in [0, 0.1) is 0 Å². The molecule has 0 radical (unpaired) electrons. The molecule has 1 saturated heterocycles. The summed E-state index contributed by atoms with van der Waals surface area (Å²) in [5.74, 6) is 0.0313. The Kier molecular flexibility index (Phi) is 4.96. The third-order valence-corrected chi connectivity index (χ3v) is 5.35. The van der Waals surface area contributed by atoms with E-state index in [1.54, 1.807) is 23.1 Å². The quantitative estimate of drug-likeness (QED) is 0.738. The van der Waals surface area contributed by atoms with Crippen molar-refractivity contribution in [2.75, 3.05) is 13.1 Å². The molecule has 0 spiro atoms. The molecule has 6 nitrogen and oxygen atoms in total. The summed E-state index contributed by atoms with van der Waals surface area (Å²) in [5, 5.41) is 11.5. The van der Waals surface area contributed by atoms with E-state index >= 15 is 0 Å². The van der Waals surface area contributed by atoms with E-state index in [0.29, 0.717) is 36.7 Å². The van der Waals surface area contributed by atoms with Crippen molar-refractivity contribution in [2.45, 2.75) is 31.4 Å². The molecular weight excluding hydrogens is 354 g/mol. The van der Waals surface area contributed by atoms with Crippen LogP contribution in [0.1, 0.15) is 18.4 Å². The molecule has 1 N–H and O–H groups in total. The van der Waals surface area contributed by atoms with Crippen LogP contribution < -0.4 is 5.56 Å². The second-order valence-electron chi connectivity index (χ2n) is 7.47. The van der Waals surface area contributed by atoms with Crippen LogP contribution in [-0.4, -0.2) is 44.2 Å². The Morgan fingerprint density at radius 2 is 1.86 bits per heavy atom. The highest BCUT2D eigenvalue weighted by molar-refractivity contribution is 5.77. The van der Waals surface area contributed by atoms with Crippen molar-refractivity contribution >= 4 is 16.8 Å². The normalized spacial score (nSPS) is 19.2. The van der Waals surface area contributed by atoms with Gasteiger partial charge in [-0.15, -0.1) is 0 Å². The zero-order chi connectivity index (χ0) is 19.6. The SMILES string of the molecule is O=C(CCc1ccccc1)N1CCC(O)(Cn2cnc3ccccc3c2=O)C1. The van der Waals surface area contributed by atoms with Crippen molar-refractivity contribution in [3.05, 3.63) is 76.8 Å². The third-order valence-electron chi connectivity index (χ3n) is 5.35. The predicted molar refractivity (Wildman–Crippen MR) is 107 cm³/mol. The monoisotopic (exact) mass is 377 g/mol. The van der Waals surface area contributed by atoms with Crippen molar-refractivity contribution < 1.29 is 9.90 Å². The number of rotatable bonds is 5. The Labute approximate surface area is 163 Å². The van der Waals surface area contributed by atoms with Crippen molar-refractivity contribution in [2.24, 2.45) is 0 Å². The molecule has 6 heteroatoms. The number of hydrogen-bond acceptors (Lipinski definition) is 4. The van der Waals surface area contributed by atoms with Crippen LogP contribution in [-0.2, 0) is 17.8 Å². The smallest absolute Gasteiger partial charge is 0.261 e. The lowest BCUT2D eigenvalue weighted by Crippen LogP contribution is -2.41. The Hall–Kier alpha value is -2.99. The first kappa shape index (κ1) is 18.4. The maximum atomic E-state index is 12.7. The van der Waals surface area contributed by atoms with Gasteiger partial charge in [0.15, 0.2) is 0 Å². The number of benzene rings is 2. The predicted octanol–water partition coefficient (Wildman–Crippen LogP) is 1.99. The zero-order valence-corrected chi connectivity index (χ0v) is 15.6. The van der Waals surface area contributed by atoms with Gasteiger partial charge in [0.1, 0.15) is 5.60 Å². The number of aromatic nitrogens is 2. The van der Waals surface area contributed by atoms with E-state index in [2.05, 4.69) is 4.98 Å². The summed E-state index contributed by atoms with van der Waals surface area (Å²) >= 11 is 0. The molecule has 1 aliphatic heterocycles. The van der Waals surface area contributed by atoms with Gasteiger partial charge < -0.3 is 10.0 Å². The van der Waals surface area contributed by atoms with Crippen LogP contribution in [0.15, 0.2) is 65.7 Å². The molecule has 0 saturated carbocycles. The highest BCUT2D eigenvalue weighted by Gasteiger charge is 2.38. The fraction of sp³-hybridized carbons (Fsp3) is 0.318. The lowest BCUT2D eigenvalue weighted by atomic mass is 10.0. The number of fused-ring (bicyclic) bond motifs is 1. The van der Waals surface area contributed by atoms with E-state index < -0.39 is 5.60 Å². The van der Waals surface area contributed by atoms with Crippen molar-refractivity contribution in [1.29, 1.82) is 0 Å². The first-order valence-electron chi connectivity index (χ1n) is 9.52. The van der Waals surface area contributed by atoms with Gasteiger partial charge in [-0.05, 0) is 30.5 Å². The van der Waals surface area contributed by atoms with E-state index in [0.717, 1.165) is 5.56 Å². The number of nitrogens with zero attached hydrogens (tertiary/aromatic N) is 3. The molecule has 0 bridgehead atoms. The first-order valence-corrected chi connectivity index (χ1v) is 9.52. The summed E-state index contributed by atoms with van der Waals surface area (Å²) < 4.78 is 1.44. The molecule has 3 aromatic rings. The van der Waals surface area contributed by atoms with E-state index in [1.165, 1.54) is 10.9 Å². The van der Waals surface area contributed by atoms with Crippen molar-refractivity contribution in [1.82, 2.24) is 14.5 Å². The van der Waals surface area contributed by atoms with Gasteiger partial charge in [-0.3, -0.25) is 14.2 Å². The van der Waals surface area contributed by atoms with Crippen LogP contribution in [0.25, 0.3) is 10.9 Å². The zero-order valence-electron chi connectivity index (χ0n) is 15.6. The Morgan fingerprint density at radius 1 is 1.11 bits per heavy atom. The molecular formula is C22H23N3O3. The Morgan fingerprint density at radius 3 is 2.68 bits per heavy atom. The largest absolute Gasteiger partial charge is 0.386 e. The molecule has 1 fully saturated rings. The number of hydrogen-bond donors (Lipinski definition) is 1. The number of likely N-dealkylation sites (tertiary alicyclic amines) is 1. The summed E-state index contributed by atoms with van der Waals surface area (Å²) in [6.45, 7) is 0.867. The summed E-state index contributed by atoms with van der Waals surface area (Å²) in [5.41, 5.74) is 0.475. The number of carbonyl (C=O) groups excluding carboxylic acids is 1. The topological polar surface area (TPSA) is 75.4 Å². The lowest BCUT2D eigenvalue weighted by molar-refractivity contribution is -0.131. The summed E-state index contributed by atoms with van der Waals surface area (Å²) in [6, 6.07) is 17.1. The lowest BCUT2D eigenvalue weighted by Gasteiger charge is -2.24. The van der Waals surface area contributed by atoms with Gasteiger partial charge in [0, 0.05) is 13.0 Å². The molecule has 1 aliphatic rings. The first-order chi connectivity index (χ1) is 13.5. The van der Waals surface area contributed by atoms with Gasteiger partial charge in [0.25, 0.3) is 5.56 Å². The average molecular weight is 377 g/mol. The Bertz CT molecular complexity index is 1050. The molecule has 4 rings (SSSR count). The second-order valence-corrected chi connectivity index (χ2v) is 7.47. The number of aliphatic hydroxyl groups is 1. The van der Waals surface area contributed by atoms with Crippen LogP contribution in [0.2, 0.25) is 0 Å². The molecule has 1 atom stereocenters. The number of amides is 1. The minimum Gasteiger partial charge on any atom is -0.386 e. The number of β-amino-alcohol motifs (C(OH)–C–C–N with tert-alkyl or cyclic N) is 1. The number of para-hydroxylation sites is 1. The van der Waals surface area contributed by atoms with Crippen molar-refractivity contribution in [3.8, 4) is 0 Å². The van der Waals surface area contributed by atoms with Gasteiger partial charge in [-0.2, -0.15) is 0 Å². The molecule has 28 heavy (non-hydrogen) atoms. The molecule has 2 aromatic carbocycles. The molecule has 1 unspecified atom stereocenters. The van der Waals surface area contributed by atoms with Crippen LogP contribution in [0.3, 0.4) is 0 Å². The van der Waals surface area contributed by atoms with Gasteiger partial charge in [-0.25, -0.2) is 4.98 Å². The van der Waals surface area contributed by atoms with Gasteiger partial charge in [0.2, 0.25) is 5.91 Å². The highest BCUT2D eigenvalue weighted by atomic mass is 16.3. The molecule has 1 aromatic heterocycles. The third kappa shape index (κ3) is 3.82. The minimum atomic E-state index is -1.11. The second kappa shape index (κ2) is 7.56. The molecule has 0 aliphatic carbocycles. The highest BCUT2D eigenvalue weighted by Crippen LogP contribution is 2.24. The minimum absolute atomic E-state index is 0.0313. The Balaban J connectivity index is 1.42. The van der Waals surface area contributed by atoms with Crippen LogP contribution in [0.4, 0.5) is 0 Å². The van der Waals surface area contributed by atoms with E-state index in [4.69, 9.17) is 0 Å². The fourth-order valence-corrected chi connectivity index (χ4v) is 3.79. The van der Waals surface area contributed by atoms with Gasteiger partial charge in [0.05, 0.1) is 30.3 Å². The maximum Gasteiger partial charge on any atom is 0.261 e. The molecule has 144 valence electrons. The maximum absolute atomic E-state index is 12.7. The fourth-order valence-electron chi connectivity index (χ4n) is 3.79. The summed E-state index contributed by atoms with van der Waals surface area (Å²) in [4.78, 5) is 31.2. The standard InChI is InChI=1S/C22H23N3O3/c26-20(11-10-17-6-2-1-3-7-17)24-13-12-22(28,14-24)15-25-16-23-19-9-5-4-8-18(19)21(25)27/h1-9,16,28H,10-15H2. The van der Waals surface area contributed by atoms with E-state index in [9.17, 15) is 14.7 Å². The number of aryl methyl sites for hydroxylation is 1. The van der Waals surface area contributed by atoms with Gasteiger partial charge in [-0.1, -0.05) is 42.5 Å². The van der Waals surface area contributed by atoms with Crippen LogP contribution in [0.5, 0.6) is 0 Å². The van der Waals surface area contributed by atoms with Gasteiger partial charge >= 0.3 is 0 Å². The van der Waals surface area contributed by atoms with Crippen molar-refractivity contribution in [3.63, 3.8) is 0 Å². The average Bonchev–Trinajstić information content (AvgIpc) is 3.11. The molecule has 1 amide bonds. The number of carbonyl (C=O) groups is 1.